The van der Waals surface area contributed by atoms with Crippen molar-refractivity contribution in [1.82, 2.24) is 4.57 Å². The number of hydrogen-bond acceptors (Lipinski definition) is 4. The Bertz CT molecular complexity index is 648. The van der Waals surface area contributed by atoms with Gasteiger partial charge in [0.2, 0.25) is 0 Å². The summed E-state index contributed by atoms with van der Waals surface area (Å²) in [6, 6.07) is 7.79. The van der Waals surface area contributed by atoms with Crippen LogP contribution >= 0.6 is 0 Å². The highest BCUT2D eigenvalue weighted by Gasteiger charge is 2.08. The molecule has 0 radical (unpaired) electrons. The number of nitriles is 1. The van der Waals surface area contributed by atoms with Gasteiger partial charge in [0.05, 0.1) is 11.6 Å². The fraction of sp³-hybridized carbons (Fsp3) is 0.385. The number of anilines is 1. The highest BCUT2D eigenvalue weighted by atomic mass is 16.4. The second-order valence-electron chi connectivity index (χ2n) is 4.26. The Morgan fingerprint density at radius 1 is 1.50 bits per heavy atom. The molecule has 0 fully saturated rings. The lowest BCUT2D eigenvalue weighted by Gasteiger charge is -2.18. The summed E-state index contributed by atoms with van der Waals surface area (Å²) >= 11 is 0. The van der Waals surface area contributed by atoms with Crippen LogP contribution in [0.2, 0.25) is 0 Å². The lowest BCUT2D eigenvalue weighted by Crippen LogP contribution is -2.18. The van der Waals surface area contributed by atoms with Gasteiger partial charge in [-0.15, -0.1) is 0 Å². The number of fused-ring (bicyclic) bond motifs is 1. The van der Waals surface area contributed by atoms with E-state index in [0.29, 0.717) is 12.0 Å². The first-order valence-corrected chi connectivity index (χ1v) is 5.81. The van der Waals surface area contributed by atoms with Crippen LogP contribution in [0.3, 0.4) is 0 Å². The highest BCUT2D eigenvalue weighted by molar-refractivity contribution is 5.77. The monoisotopic (exact) mass is 245 g/mol. The minimum Gasteiger partial charge on any atom is -0.408 e. The number of nitrogens with zero attached hydrogens (tertiary/aromatic N) is 3. The Kier molecular flexibility index (Phi) is 3.38. The van der Waals surface area contributed by atoms with Crippen LogP contribution in [0, 0.1) is 11.3 Å². The molecule has 18 heavy (non-hydrogen) atoms. The molecule has 1 aromatic heterocycles. The molecule has 2 aromatic rings. The van der Waals surface area contributed by atoms with Crippen molar-refractivity contribution in [3.63, 3.8) is 0 Å². The number of hydrogen-bond donors (Lipinski definition) is 0. The number of unbranched alkanes of at least 4 members (excludes halogenated alkanes) is 1. The molecular weight excluding hydrogens is 230 g/mol. The number of benzene rings is 1. The van der Waals surface area contributed by atoms with Gasteiger partial charge in [0.25, 0.3) is 0 Å². The number of oxazole rings is 1. The van der Waals surface area contributed by atoms with E-state index in [1.165, 1.54) is 4.57 Å². The van der Waals surface area contributed by atoms with Crippen molar-refractivity contribution in [3.8, 4) is 6.07 Å². The quantitative estimate of drug-likeness (QED) is 0.771. The number of rotatable bonds is 4. The lowest BCUT2D eigenvalue weighted by molar-refractivity contribution is 0.528. The van der Waals surface area contributed by atoms with Crippen molar-refractivity contribution in [2.24, 2.45) is 7.05 Å². The largest absolute Gasteiger partial charge is 0.419 e. The molecule has 0 bridgehead atoms. The van der Waals surface area contributed by atoms with Crippen molar-refractivity contribution < 1.29 is 4.42 Å². The van der Waals surface area contributed by atoms with Crippen LogP contribution in [0.5, 0.6) is 0 Å². The molecule has 2 rings (SSSR count). The number of aromatic nitrogens is 1. The van der Waals surface area contributed by atoms with E-state index in [-0.39, 0.29) is 5.76 Å². The zero-order valence-electron chi connectivity index (χ0n) is 10.5. The minimum absolute atomic E-state index is 0.353. The molecule has 0 atom stereocenters. The maximum atomic E-state index is 11.4. The Balaban J connectivity index is 2.25. The molecule has 94 valence electrons. The zero-order valence-corrected chi connectivity index (χ0v) is 10.5. The van der Waals surface area contributed by atoms with E-state index in [2.05, 4.69) is 6.07 Å². The van der Waals surface area contributed by atoms with E-state index in [1.54, 1.807) is 7.05 Å². The minimum atomic E-state index is -0.353. The summed E-state index contributed by atoms with van der Waals surface area (Å²) < 4.78 is 6.62. The fourth-order valence-corrected chi connectivity index (χ4v) is 1.88. The molecule has 0 aliphatic carbocycles. The van der Waals surface area contributed by atoms with E-state index in [9.17, 15) is 4.79 Å². The van der Waals surface area contributed by atoms with Gasteiger partial charge in [-0.3, -0.25) is 4.57 Å². The molecule has 1 heterocycles. The molecule has 0 N–H and O–H groups in total. The van der Waals surface area contributed by atoms with E-state index in [4.69, 9.17) is 9.68 Å². The van der Waals surface area contributed by atoms with Gasteiger partial charge >= 0.3 is 5.76 Å². The molecule has 0 aliphatic heterocycles. The van der Waals surface area contributed by atoms with E-state index < -0.39 is 0 Å². The summed E-state index contributed by atoms with van der Waals surface area (Å²) in [4.78, 5) is 13.4. The lowest BCUT2D eigenvalue weighted by atomic mass is 10.2. The van der Waals surface area contributed by atoms with Crippen molar-refractivity contribution in [2.45, 2.75) is 12.8 Å². The first-order chi connectivity index (χ1) is 8.63. The summed E-state index contributed by atoms with van der Waals surface area (Å²) in [5, 5.41) is 8.50. The molecular formula is C13H15N3O2. The van der Waals surface area contributed by atoms with Gasteiger partial charge in [-0.2, -0.15) is 5.26 Å². The van der Waals surface area contributed by atoms with Crippen molar-refractivity contribution >= 4 is 16.8 Å². The zero-order chi connectivity index (χ0) is 13.1. The second-order valence-corrected chi connectivity index (χ2v) is 4.26. The van der Waals surface area contributed by atoms with Gasteiger partial charge in [0, 0.05) is 38.8 Å². The smallest absolute Gasteiger partial charge is 0.408 e. The summed E-state index contributed by atoms with van der Waals surface area (Å²) in [7, 11) is 3.64. The van der Waals surface area contributed by atoms with Crippen LogP contribution in [0.25, 0.3) is 11.1 Å². The Morgan fingerprint density at radius 3 is 3.00 bits per heavy atom. The van der Waals surface area contributed by atoms with Gasteiger partial charge in [0.15, 0.2) is 5.58 Å². The van der Waals surface area contributed by atoms with Crippen molar-refractivity contribution in [1.29, 1.82) is 5.26 Å². The summed E-state index contributed by atoms with van der Waals surface area (Å²) in [6.07, 6.45) is 1.37. The molecule has 5 heteroatoms. The van der Waals surface area contributed by atoms with Crippen LogP contribution in [-0.2, 0) is 7.05 Å². The molecule has 0 unspecified atom stereocenters. The summed E-state index contributed by atoms with van der Waals surface area (Å²) in [6.45, 7) is 0.802. The first-order valence-electron chi connectivity index (χ1n) is 5.81. The fourth-order valence-electron chi connectivity index (χ4n) is 1.88. The number of aryl methyl sites for hydroxylation is 1. The van der Waals surface area contributed by atoms with Crippen LogP contribution in [-0.4, -0.2) is 18.2 Å². The van der Waals surface area contributed by atoms with Gasteiger partial charge in [-0.25, -0.2) is 4.79 Å². The average molecular weight is 245 g/mol. The molecule has 5 nitrogen and oxygen atoms in total. The third-order valence-corrected chi connectivity index (χ3v) is 3.00. The van der Waals surface area contributed by atoms with Gasteiger partial charge in [0.1, 0.15) is 0 Å². The average Bonchev–Trinajstić information content (AvgIpc) is 2.65. The van der Waals surface area contributed by atoms with Gasteiger partial charge < -0.3 is 9.32 Å². The van der Waals surface area contributed by atoms with Crippen LogP contribution < -0.4 is 10.7 Å². The van der Waals surface area contributed by atoms with Crippen LogP contribution in [0.4, 0.5) is 5.69 Å². The SMILES string of the molecule is CN(CCCC#N)c1ccc2c(c1)oc(=O)n2C. The third kappa shape index (κ3) is 2.23. The third-order valence-electron chi connectivity index (χ3n) is 3.00. The van der Waals surface area contributed by atoms with E-state index in [1.807, 2.05) is 30.1 Å². The predicted octanol–water partition coefficient (Wildman–Crippen LogP) is 1.87. The summed E-state index contributed by atoms with van der Waals surface area (Å²) in [5.41, 5.74) is 2.36. The standard InChI is InChI=1S/C13H15N3O2/c1-15(8-4-3-7-14)10-5-6-11-12(9-10)18-13(17)16(11)2/h5-6,9H,3-4,8H2,1-2H3. The topological polar surface area (TPSA) is 62.2 Å². The van der Waals surface area contributed by atoms with Crippen LogP contribution in [0.15, 0.2) is 27.4 Å². The Morgan fingerprint density at radius 2 is 2.28 bits per heavy atom. The Labute approximate surface area is 105 Å². The van der Waals surface area contributed by atoms with E-state index in [0.717, 1.165) is 24.2 Å². The normalized spacial score (nSPS) is 10.5. The maximum absolute atomic E-state index is 11.4. The first kappa shape index (κ1) is 12.2. The van der Waals surface area contributed by atoms with Crippen LogP contribution in [0.1, 0.15) is 12.8 Å². The predicted molar refractivity (Wildman–Crippen MR) is 69.6 cm³/mol. The molecule has 0 aliphatic rings. The van der Waals surface area contributed by atoms with Crippen molar-refractivity contribution in [3.05, 3.63) is 28.7 Å². The van der Waals surface area contributed by atoms with E-state index >= 15 is 0 Å². The Hall–Kier alpha value is -2.22. The van der Waals surface area contributed by atoms with Crippen molar-refractivity contribution in [2.75, 3.05) is 18.5 Å². The molecule has 1 aromatic carbocycles. The summed E-state index contributed by atoms with van der Waals surface area (Å²) in [5.74, 6) is -0.353. The molecule has 0 spiro atoms. The second kappa shape index (κ2) is 4.96. The van der Waals surface area contributed by atoms with Gasteiger partial charge in [-0.05, 0) is 18.6 Å². The molecule has 0 saturated heterocycles. The molecule has 0 saturated carbocycles. The highest BCUT2D eigenvalue weighted by Crippen LogP contribution is 2.20. The van der Waals surface area contributed by atoms with Gasteiger partial charge in [-0.1, -0.05) is 0 Å². The molecule has 0 amide bonds. The maximum Gasteiger partial charge on any atom is 0.419 e.